The Morgan fingerprint density at radius 1 is 1.27 bits per heavy atom. The van der Waals surface area contributed by atoms with Gasteiger partial charge in [-0.1, -0.05) is 18.2 Å². The lowest BCUT2D eigenvalue weighted by Crippen LogP contribution is -1.92. The molecule has 0 aliphatic heterocycles. The molecule has 0 heterocycles. The highest BCUT2D eigenvalue weighted by Crippen LogP contribution is 2.32. The summed E-state index contributed by atoms with van der Waals surface area (Å²) in [5.74, 6) is 1.71. The number of ether oxygens (including phenoxy) is 1. The minimum atomic E-state index is 0.691. The van der Waals surface area contributed by atoms with Crippen LogP contribution in [0.2, 0.25) is 0 Å². The van der Waals surface area contributed by atoms with Crippen LogP contribution in [0.3, 0.4) is 0 Å². The van der Waals surface area contributed by atoms with Crippen LogP contribution in [0.25, 0.3) is 0 Å². The Balaban J connectivity index is 2.30. The SMILES string of the molecule is CC=CC1Cc2cc(C)c(OC)cc2C1. The molecule has 0 bridgehead atoms. The van der Waals surface area contributed by atoms with Gasteiger partial charge in [0.2, 0.25) is 0 Å². The van der Waals surface area contributed by atoms with E-state index in [1.165, 1.54) is 23.1 Å². The number of hydrogen-bond acceptors (Lipinski definition) is 1. The highest BCUT2D eigenvalue weighted by molar-refractivity contribution is 5.45. The second-order valence-electron chi connectivity index (χ2n) is 4.28. The Morgan fingerprint density at radius 3 is 2.53 bits per heavy atom. The van der Waals surface area contributed by atoms with Gasteiger partial charge in [0.05, 0.1) is 7.11 Å². The van der Waals surface area contributed by atoms with Crippen molar-refractivity contribution < 1.29 is 4.74 Å². The molecule has 1 atom stereocenters. The molecule has 0 radical (unpaired) electrons. The van der Waals surface area contributed by atoms with E-state index in [4.69, 9.17) is 4.74 Å². The van der Waals surface area contributed by atoms with Gasteiger partial charge >= 0.3 is 0 Å². The molecule has 80 valence electrons. The molecular formula is C14H18O. The van der Waals surface area contributed by atoms with Gasteiger partial charge < -0.3 is 4.74 Å². The topological polar surface area (TPSA) is 9.23 Å². The maximum absolute atomic E-state index is 5.35. The van der Waals surface area contributed by atoms with Crippen LogP contribution >= 0.6 is 0 Å². The lowest BCUT2D eigenvalue weighted by Gasteiger charge is -2.07. The van der Waals surface area contributed by atoms with Crippen molar-refractivity contribution in [3.8, 4) is 5.75 Å². The zero-order valence-corrected chi connectivity index (χ0v) is 9.71. The molecule has 15 heavy (non-hydrogen) atoms. The first kappa shape index (κ1) is 10.3. The molecular weight excluding hydrogens is 184 g/mol. The summed E-state index contributed by atoms with van der Waals surface area (Å²) in [6.45, 7) is 4.21. The minimum Gasteiger partial charge on any atom is -0.496 e. The summed E-state index contributed by atoms with van der Waals surface area (Å²) < 4.78 is 5.35. The third kappa shape index (κ3) is 1.92. The fourth-order valence-electron chi connectivity index (χ4n) is 2.44. The first-order chi connectivity index (χ1) is 7.24. The summed E-state index contributed by atoms with van der Waals surface area (Å²) in [5, 5.41) is 0. The molecule has 1 unspecified atom stereocenters. The highest BCUT2D eigenvalue weighted by Gasteiger charge is 2.20. The van der Waals surface area contributed by atoms with Crippen molar-refractivity contribution in [2.24, 2.45) is 5.92 Å². The average molecular weight is 202 g/mol. The molecule has 1 aliphatic rings. The van der Waals surface area contributed by atoms with Gasteiger partial charge in [0, 0.05) is 0 Å². The van der Waals surface area contributed by atoms with Crippen molar-refractivity contribution in [2.75, 3.05) is 7.11 Å². The van der Waals surface area contributed by atoms with Crippen molar-refractivity contribution in [1.29, 1.82) is 0 Å². The quantitative estimate of drug-likeness (QED) is 0.669. The van der Waals surface area contributed by atoms with Crippen LogP contribution < -0.4 is 4.74 Å². The molecule has 2 rings (SSSR count). The van der Waals surface area contributed by atoms with Crippen molar-refractivity contribution in [1.82, 2.24) is 0 Å². The monoisotopic (exact) mass is 202 g/mol. The molecule has 1 nitrogen and oxygen atoms in total. The standard InChI is InChI=1S/C14H18O/c1-4-5-11-7-12-6-10(2)14(15-3)9-13(12)8-11/h4-6,9,11H,7-8H2,1-3H3. The van der Waals surface area contributed by atoms with Gasteiger partial charge in [0.1, 0.15) is 5.75 Å². The summed E-state index contributed by atoms with van der Waals surface area (Å²) in [6, 6.07) is 4.48. The first-order valence-electron chi connectivity index (χ1n) is 5.53. The molecule has 0 spiro atoms. The maximum atomic E-state index is 5.35. The van der Waals surface area contributed by atoms with E-state index in [0.717, 1.165) is 12.2 Å². The molecule has 0 aromatic heterocycles. The number of allylic oxidation sites excluding steroid dienone is 2. The average Bonchev–Trinajstić information content (AvgIpc) is 2.58. The second-order valence-corrected chi connectivity index (χ2v) is 4.28. The van der Waals surface area contributed by atoms with Gasteiger partial charge in [-0.15, -0.1) is 0 Å². The zero-order chi connectivity index (χ0) is 10.8. The summed E-state index contributed by atoms with van der Waals surface area (Å²) in [7, 11) is 1.74. The van der Waals surface area contributed by atoms with Crippen LogP contribution in [0.4, 0.5) is 0 Å². The van der Waals surface area contributed by atoms with E-state index in [1.54, 1.807) is 7.11 Å². The fraction of sp³-hybridized carbons (Fsp3) is 0.429. The molecule has 0 N–H and O–H groups in total. The van der Waals surface area contributed by atoms with E-state index in [9.17, 15) is 0 Å². The first-order valence-corrected chi connectivity index (χ1v) is 5.53. The summed E-state index contributed by atoms with van der Waals surface area (Å²) in [5.41, 5.74) is 4.20. The highest BCUT2D eigenvalue weighted by atomic mass is 16.5. The van der Waals surface area contributed by atoms with E-state index in [0.29, 0.717) is 5.92 Å². The predicted octanol–water partition coefficient (Wildman–Crippen LogP) is 3.29. The van der Waals surface area contributed by atoms with E-state index < -0.39 is 0 Å². The second kappa shape index (κ2) is 4.09. The van der Waals surface area contributed by atoms with Crippen LogP contribution in [0.1, 0.15) is 23.6 Å². The van der Waals surface area contributed by atoms with Gasteiger partial charge in [-0.2, -0.15) is 0 Å². The molecule has 0 saturated carbocycles. The van der Waals surface area contributed by atoms with Crippen molar-refractivity contribution in [3.05, 3.63) is 41.0 Å². The fourth-order valence-corrected chi connectivity index (χ4v) is 2.44. The van der Waals surface area contributed by atoms with Crippen LogP contribution in [0.15, 0.2) is 24.3 Å². The Morgan fingerprint density at radius 2 is 1.93 bits per heavy atom. The van der Waals surface area contributed by atoms with Crippen LogP contribution in [-0.2, 0) is 12.8 Å². The zero-order valence-electron chi connectivity index (χ0n) is 9.71. The van der Waals surface area contributed by atoms with Crippen LogP contribution in [-0.4, -0.2) is 7.11 Å². The summed E-state index contributed by atoms with van der Waals surface area (Å²) in [4.78, 5) is 0. The minimum absolute atomic E-state index is 0.691. The number of benzene rings is 1. The molecule has 1 heteroatoms. The van der Waals surface area contributed by atoms with E-state index in [1.807, 2.05) is 0 Å². The Labute approximate surface area is 91.8 Å². The van der Waals surface area contributed by atoms with E-state index in [2.05, 4.69) is 38.1 Å². The molecule has 1 aromatic carbocycles. The maximum Gasteiger partial charge on any atom is 0.122 e. The van der Waals surface area contributed by atoms with Gasteiger partial charge in [0.25, 0.3) is 0 Å². The van der Waals surface area contributed by atoms with Gasteiger partial charge in [-0.3, -0.25) is 0 Å². The van der Waals surface area contributed by atoms with Crippen LogP contribution in [0, 0.1) is 12.8 Å². The smallest absolute Gasteiger partial charge is 0.122 e. The van der Waals surface area contributed by atoms with Gasteiger partial charge in [0.15, 0.2) is 0 Å². The van der Waals surface area contributed by atoms with Crippen molar-refractivity contribution >= 4 is 0 Å². The lowest BCUT2D eigenvalue weighted by atomic mass is 10.1. The normalized spacial score (nSPS) is 19.5. The Hall–Kier alpha value is -1.24. The molecule has 1 aliphatic carbocycles. The number of methoxy groups -OCH3 is 1. The van der Waals surface area contributed by atoms with Gasteiger partial charge in [-0.05, 0) is 55.4 Å². The molecule has 0 saturated heterocycles. The van der Waals surface area contributed by atoms with Crippen LogP contribution in [0.5, 0.6) is 5.75 Å². The van der Waals surface area contributed by atoms with Gasteiger partial charge in [-0.25, -0.2) is 0 Å². The van der Waals surface area contributed by atoms with Crippen molar-refractivity contribution in [2.45, 2.75) is 26.7 Å². The summed E-state index contributed by atoms with van der Waals surface area (Å²) >= 11 is 0. The molecule has 1 aromatic rings. The molecule has 0 amide bonds. The van der Waals surface area contributed by atoms with E-state index in [-0.39, 0.29) is 0 Å². The number of rotatable bonds is 2. The summed E-state index contributed by atoms with van der Waals surface area (Å²) in [6.07, 6.45) is 6.81. The predicted molar refractivity (Wildman–Crippen MR) is 63.4 cm³/mol. The number of aryl methyl sites for hydroxylation is 1. The largest absolute Gasteiger partial charge is 0.496 e. The number of hydrogen-bond donors (Lipinski definition) is 0. The molecule has 0 fully saturated rings. The Kier molecular flexibility index (Phi) is 2.81. The van der Waals surface area contributed by atoms with E-state index >= 15 is 0 Å². The number of fused-ring (bicyclic) bond motifs is 1. The van der Waals surface area contributed by atoms with Crippen molar-refractivity contribution in [3.63, 3.8) is 0 Å². The third-order valence-electron chi connectivity index (χ3n) is 3.15. The third-order valence-corrected chi connectivity index (χ3v) is 3.15. The Bertz CT molecular complexity index is 391. The lowest BCUT2D eigenvalue weighted by molar-refractivity contribution is 0.411.